The van der Waals surface area contributed by atoms with Gasteiger partial charge >= 0.3 is 0 Å². The van der Waals surface area contributed by atoms with Crippen molar-refractivity contribution in [2.24, 2.45) is 0 Å². The predicted octanol–water partition coefficient (Wildman–Crippen LogP) is 7.27. The van der Waals surface area contributed by atoms with Crippen molar-refractivity contribution in [3.05, 3.63) is 47.5 Å². The van der Waals surface area contributed by atoms with E-state index in [2.05, 4.69) is 47.0 Å². The molecule has 2 aromatic carbocycles. The third kappa shape index (κ3) is 5.21. The van der Waals surface area contributed by atoms with Crippen molar-refractivity contribution < 1.29 is 9.47 Å². The molecule has 0 saturated heterocycles. The van der Waals surface area contributed by atoms with Crippen LogP contribution in [0, 0.1) is 0 Å². The molecule has 2 N–H and O–H groups in total. The number of methoxy groups -OCH3 is 2. The van der Waals surface area contributed by atoms with Crippen molar-refractivity contribution >= 4 is 23.1 Å². The van der Waals surface area contributed by atoms with Crippen LogP contribution in [0.2, 0.25) is 0 Å². The first kappa shape index (κ1) is 24.4. The number of anilines is 2. The van der Waals surface area contributed by atoms with Gasteiger partial charge in [0.2, 0.25) is 0 Å². The predicted molar refractivity (Wildman–Crippen MR) is 140 cm³/mol. The summed E-state index contributed by atoms with van der Waals surface area (Å²) in [5.74, 6) is 0.901. The number of ether oxygens (including phenoxy) is 2. The number of rotatable bonds is 8. The van der Waals surface area contributed by atoms with E-state index in [-0.39, 0.29) is 0 Å². The highest BCUT2D eigenvalue weighted by Gasteiger charge is 2.30. The lowest BCUT2D eigenvalue weighted by Gasteiger charge is -2.33. The molecule has 0 heterocycles. The van der Waals surface area contributed by atoms with Crippen LogP contribution in [0.1, 0.15) is 74.3 Å². The van der Waals surface area contributed by atoms with Crippen molar-refractivity contribution in [1.82, 2.24) is 0 Å². The zero-order valence-electron chi connectivity index (χ0n) is 20.7. The van der Waals surface area contributed by atoms with Crippen LogP contribution in [0.5, 0.6) is 0 Å². The van der Waals surface area contributed by atoms with Crippen molar-refractivity contribution in [1.29, 1.82) is 0 Å². The molecule has 2 fully saturated rings. The van der Waals surface area contributed by atoms with Crippen LogP contribution in [0.25, 0.3) is 0 Å². The zero-order valence-corrected chi connectivity index (χ0v) is 21.5. The lowest BCUT2D eigenvalue weighted by atomic mass is 9.81. The van der Waals surface area contributed by atoms with E-state index in [0.717, 1.165) is 12.8 Å². The van der Waals surface area contributed by atoms with E-state index in [1.165, 1.54) is 70.8 Å². The summed E-state index contributed by atoms with van der Waals surface area (Å²) in [7, 11) is 7.83. The Kier molecular flexibility index (Phi) is 8.61. The van der Waals surface area contributed by atoms with Gasteiger partial charge in [0.25, 0.3) is 0 Å². The Morgan fingerprint density at radius 2 is 1.09 bits per heavy atom. The monoisotopic (exact) mass is 468 g/mol. The lowest BCUT2D eigenvalue weighted by Crippen LogP contribution is -2.25. The van der Waals surface area contributed by atoms with E-state index in [0.29, 0.717) is 24.0 Å². The molecular weight excluding hydrogens is 428 g/mol. The summed E-state index contributed by atoms with van der Waals surface area (Å²) in [4.78, 5) is 2.55. The van der Waals surface area contributed by atoms with Gasteiger partial charge in [-0.2, -0.15) is 0 Å². The van der Waals surface area contributed by atoms with Gasteiger partial charge in [0.1, 0.15) is 0 Å². The Morgan fingerprint density at radius 3 is 1.48 bits per heavy atom. The molecule has 4 atom stereocenters. The highest BCUT2D eigenvalue weighted by atomic mass is 32.2. The van der Waals surface area contributed by atoms with Gasteiger partial charge in [-0.25, -0.2) is 0 Å². The molecule has 4 rings (SSSR count). The maximum Gasteiger partial charge on any atom is 0.0640 e. The second-order valence-electron chi connectivity index (χ2n) is 9.37. The van der Waals surface area contributed by atoms with Gasteiger partial charge in [-0.1, -0.05) is 61.7 Å². The summed E-state index contributed by atoms with van der Waals surface area (Å²) in [6.45, 7) is 0. The van der Waals surface area contributed by atoms with E-state index in [9.17, 15) is 0 Å². The first-order valence-corrected chi connectivity index (χ1v) is 13.4. The Balaban J connectivity index is 1.68. The Bertz CT molecular complexity index is 845. The molecule has 5 heteroatoms. The van der Waals surface area contributed by atoms with Crippen molar-refractivity contribution in [3.8, 4) is 0 Å². The summed E-state index contributed by atoms with van der Waals surface area (Å²) in [5.41, 5.74) is 5.28. The number of hydrogen-bond donors (Lipinski definition) is 2. The molecule has 2 saturated carbocycles. The maximum absolute atomic E-state index is 5.90. The smallest absolute Gasteiger partial charge is 0.0640 e. The molecule has 2 aliphatic rings. The minimum absolute atomic E-state index is 0.305. The van der Waals surface area contributed by atoms with Crippen LogP contribution in [-0.4, -0.2) is 40.5 Å². The second-order valence-corrected chi connectivity index (χ2v) is 10.5. The summed E-state index contributed by atoms with van der Waals surface area (Å²) >= 11 is 1.86. The van der Waals surface area contributed by atoms with E-state index in [4.69, 9.17) is 9.47 Å². The third-order valence-electron chi connectivity index (χ3n) is 7.65. The zero-order chi connectivity index (χ0) is 23.2. The fourth-order valence-electron chi connectivity index (χ4n) is 6.01. The molecule has 2 aromatic rings. The largest absolute Gasteiger partial charge is 0.387 e. The third-order valence-corrected chi connectivity index (χ3v) is 8.77. The Labute approximate surface area is 204 Å². The van der Waals surface area contributed by atoms with Crippen molar-refractivity contribution in [2.45, 2.75) is 85.2 Å². The molecule has 0 aliphatic heterocycles. The van der Waals surface area contributed by atoms with Gasteiger partial charge in [0.05, 0.1) is 23.6 Å². The fraction of sp³-hybridized carbons (Fsp3) is 0.571. The topological polar surface area (TPSA) is 42.5 Å². The van der Waals surface area contributed by atoms with Gasteiger partial charge in [-0.15, -0.1) is 0 Å². The molecule has 0 amide bonds. The lowest BCUT2D eigenvalue weighted by molar-refractivity contribution is 0.0524. The molecule has 0 bridgehead atoms. The molecule has 4 unspecified atom stereocenters. The summed E-state index contributed by atoms with van der Waals surface area (Å²) in [6.07, 6.45) is 10.4. The minimum Gasteiger partial charge on any atom is -0.387 e. The Morgan fingerprint density at radius 1 is 0.667 bits per heavy atom. The number of hydrogen-bond acceptors (Lipinski definition) is 5. The minimum atomic E-state index is 0.305. The standard InChI is InChI=1S/C28H40N2O2S/c1-29-27-21(19-11-5-7-15-23(19)31-3)13-9-17-25(27)33-26-18-10-14-22(28(26)30-2)20-12-6-8-16-24(20)32-4/h9-10,13-14,17-20,23-24,29-30H,5-8,11-12,15-16H2,1-4H3. The average Bonchev–Trinajstić information content (AvgIpc) is 2.88. The molecule has 0 radical (unpaired) electrons. The van der Waals surface area contributed by atoms with Crippen molar-refractivity contribution in [3.63, 3.8) is 0 Å². The number of benzene rings is 2. The van der Waals surface area contributed by atoms with Gasteiger partial charge < -0.3 is 20.1 Å². The molecule has 180 valence electrons. The molecule has 0 aromatic heterocycles. The van der Waals surface area contributed by atoms with Crippen LogP contribution in [0.15, 0.2) is 46.2 Å². The van der Waals surface area contributed by atoms with E-state index < -0.39 is 0 Å². The number of para-hydroxylation sites is 2. The SMILES string of the molecule is CNc1c(Sc2cccc(C3CCCCC3OC)c2NC)cccc1C1CCCCC1OC. The molecule has 0 spiro atoms. The van der Waals surface area contributed by atoms with E-state index in [1.807, 2.05) is 40.1 Å². The first-order chi connectivity index (χ1) is 16.2. The van der Waals surface area contributed by atoms with Gasteiger partial charge in [-0.3, -0.25) is 0 Å². The summed E-state index contributed by atoms with van der Waals surface area (Å²) in [5, 5.41) is 7.08. The van der Waals surface area contributed by atoms with Crippen LogP contribution in [0.4, 0.5) is 11.4 Å². The second kappa shape index (κ2) is 11.6. The van der Waals surface area contributed by atoms with Gasteiger partial charge in [0, 0.05) is 49.9 Å². The van der Waals surface area contributed by atoms with Crippen LogP contribution in [0.3, 0.4) is 0 Å². The number of nitrogens with one attached hydrogen (secondary N) is 2. The quantitative estimate of drug-likeness (QED) is 0.426. The molecule has 33 heavy (non-hydrogen) atoms. The highest BCUT2D eigenvalue weighted by Crippen LogP contribution is 2.47. The highest BCUT2D eigenvalue weighted by molar-refractivity contribution is 7.99. The molecular formula is C28H40N2O2S. The Hall–Kier alpha value is -1.69. The average molecular weight is 469 g/mol. The summed E-state index contributed by atoms with van der Waals surface area (Å²) < 4.78 is 11.8. The van der Waals surface area contributed by atoms with E-state index >= 15 is 0 Å². The van der Waals surface area contributed by atoms with Crippen LogP contribution >= 0.6 is 11.8 Å². The molecule has 2 aliphatic carbocycles. The molecule has 4 nitrogen and oxygen atoms in total. The van der Waals surface area contributed by atoms with Gasteiger partial charge in [0.15, 0.2) is 0 Å². The van der Waals surface area contributed by atoms with Crippen molar-refractivity contribution in [2.75, 3.05) is 38.9 Å². The van der Waals surface area contributed by atoms with Gasteiger partial charge in [-0.05, 0) is 48.9 Å². The fourth-order valence-corrected chi connectivity index (χ4v) is 7.18. The summed E-state index contributed by atoms with van der Waals surface area (Å²) in [6, 6.07) is 13.5. The van der Waals surface area contributed by atoms with Crippen LogP contribution < -0.4 is 10.6 Å². The first-order valence-electron chi connectivity index (χ1n) is 12.6. The normalized spacial score (nSPS) is 25.6. The maximum atomic E-state index is 5.90. The van der Waals surface area contributed by atoms with Crippen LogP contribution in [-0.2, 0) is 9.47 Å². The van der Waals surface area contributed by atoms with E-state index in [1.54, 1.807) is 0 Å².